The van der Waals surface area contributed by atoms with E-state index < -0.39 is 11.9 Å². The van der Waals surface area contributed by atoms with Gasteiger partial charge in [-0.2, -0.15) is 0 Å². The van der Waals surface area contributed by atoms with Crippen molar-refractivity contribution in [2.24, 2.45) is 0 Å². The molecule has 0 atom stereocenters. The third-order valence-corrected chi connectivity index (χ3v) is 2.98. The number of unbranched alkanes of at least 4 members (excludes halogenated alkanes) is 1. The number of benzene rings is 1. The molecular formula is C16H18O6. The number of esters is 1. The van der Waals surface area contributed by atoms with Gasteiger partial charge in [0.05, 0.1) is 12.7 Å². The molecule has 0 saturated heterocycles. The summed E-state index contributed by atoms with van der Waals surface area (Å²) in [6.45, 7) is 3.41. The summed E-state index contributed by atoms with van der Waals surface area (Å²) >= 11 is 0. The van der Waals surface area contributed by atoms with Crippen LogP contribution in [0.2, 0.25) is 0 Å². The second kappa shape index (κ2) is 8.61. The third kappa shape index (κ3) is 5.05. The predicted octanol–water partition coefficient (Wildman–Crippen LogP) is 2.61. The molecule has 0 fully saturated rings. The van der Waals surface area contributed by atoms with Crippen LogP contribution in [-0.2, 0) is 9.59 Å². The lowest BCUT2D eigenvalue weighted by Crippen LogP contribution is -2.10. The summed E-state index contributed by atoms with van der Waals surface area (Å²) in [5.41, 5.74) is 0.341. The summed E-state index contributed by atoms with van der Waals surface area (Å²) in [6, 6.07) is 4.73. The van der Waals surface area contributed by atoms with E-state index in [9.17, 15) is 14.4 Å². The van der Waals surface area contributed by atoms with Gasteiger partial charge in [-0.15, -0.1) is 0 Å². The van der Waals surface area contributed by atoms with E-state index in [2.05, 4.69) is 6.58 Å². The number of rotatable bonds is 9. The molecule has 0 spiro atoms. The van der Waals surface area contributed by atoms with Gasteiger partial charge in [-0.3, -0.25) is 9.59 Å². The summed E-state index contributed by atoms with van der Waals surface area (Å²) in [5, 5.41) is 8.66. The topological polar surface area (TPSA) is 89.9 Å². The SMILES string of the molecule is C=C(CCCCC(=O)Oc1c(C=O)cccc1OC)C(=O)O. The summed E-state index contributed by atoms with van der Waals surface area (Å²) in [6.07, 6.45) is 2.01. The van der Waals surface area contributed by atoms with Crippen LogP contribution < -0.4 is 9.47 Å². The molecular weight excluding hydrogens is 288 g/mol. The second-order valence-electron chi connectivity index (χ2n) is 4.59. The Balaban J connectivity index is 2.54. The fourth-order valence-corrected chi connectivity index (χ4v) is 1.78. The Bertz CT molecular complexity index is 576. The van der Waals surface area contributed by atoms with E-state index in [0.29, 0.717) is 31.3 Å². The highest BCUT2D eigenvalue weighted by Crippen LogP contribution is 2.30. The molecule has 1 rings (SSSR count). The smallest absolute Gasteiger partial charge is 0.330 e. The minimum absolute atomic E-state index is 0.0972. The molecule has 0 amide bonds. The minimum atomic E-state index is -1.03. The fourth-order valence-electron chi connectivity index (χ4n) is 1.78. The van der Waals surface area contributed by atoms with E-state index in [1.807, 2.05) is 0 Å². The highest BCUT2D eigenvalue weighted by atomic mass is 16.6. The van der Waals surface area contributed by atoms with Gasteiger partial charge in [0.15, 0.2) is 17.8 Å². The maximum absolute atomic E-state index is 11.8. The van der Waals surface area contributed by atoms with E-state index in [0.717, 1.165) is 0 Å². The van der Waals surface area contributed by atoms with Gasteiger partial charge in [0.1, 0.15) is 0 Å². The first-order valence-corrected chi connectivity index (χ1v) is 6.73. The molecule has 118 valence electrons. The van der Waals surface area contributed by atoms with Crippen molar-refractivity contribution in [1.29, 1.82) is 0 Å². The Labute approximate surface area is 128 Å². The molecule has 22 heavy (non-hydrogen) atoms. The monoisotopic (exact) mass is 306 g/mol. The van der Waals surface area contributed by atoms with Crippen LogP contribution in [0.5, 0.6) is 11.5 Å². The molecule has 0 aliphatic heterocycles. The molecule has 6 heteroatoms. The van der Waals surface area contributed by atoms with Crippen molar-refractivity contribution in [2.45, 2.75) is 25.7 Å². The number of hydrogen-bond acceptors (Lipinski definition) is 5. The summed E-state index contributed by atoms with van der Waals surface area (Å²) < 4.78 is 10.2. The first-order valence-electron chi connectivity index (χ1n) is 6.73. The summed E-state index contributed by atoms with van der Waals surface area (Å²) in [4.78, 5) is 33.3. The van der Waals surface area contributed by atoms with Crippen molar-refractivity contribution in [2.75, 3.05) is 7.11 Å². The summed E-state index contributed by atoms with van der Waals surface area (Å²) in [7, 11) is 1.42. The lowest BCUT2D eigenvalue weighted by Gasteiger charge is -2.11. The van der Waals surface area contributed by atoms with Gasteiger partial charge in [0.2, 0.25) is 0 Å². The van der Waals surface area contributed by atoms with Gasteiger partial charge in [-0.05, 0) is 31.4 Å². The normalized spacial score (nSPS) is 9.86. The van der Waals surface area contributed by atoms with Crippen molar-refractivity contribution in [1.82, 2.24) is 0 Å². The maximum Gasteiger partial charge on any atom is 0.330 e. The number of carbonyl (C=O) groups is 3. The van der Waals surface area contributed by atoms with Gasteiger partial charge < -0.3 is 14.6 Å². The zero-order valence-electron chi connectivity index (χ0n) is 12.3. The standard InChI is InChI=1S/C16H18O6/c1-11(16(19)20)6-3-4-9-14(18)22-15-12(10-17)7-5-8-13(15)21-2/h5,7-8,10H,1,3-4,6,9H2,2H3,(H,19,20). The van der Waals surface area contributed by atoms with Crippen molar-refractivity contribution in [3.8, 4) is 11.5 Å². The summed E-state index contributed by atoms with van der Waals surface area (Å²) in [5.74, 6) is -1.14. The Kier molecular flexibility index (Phi) is 6.82. The number of para-hydroxylation sites is 1. The van der Waals surface area contributed by atoms with Gasteiger partial charge >= 0.3 is 11.9 Å². The van der Waals surface area contributed by atoms with E-state index in [-0.39, 0.29) is 23.3 Å². The highest BCUT2D eigenvalue weighted by molar-refractivity contribution is 5.85. The first kappa shape index (κ1) is 17.4. The largest absolute Gasteiger partial charge is 0.493 e. The average molecular weight is 306 g/mol. The molecule has 0 unspecified atom stereocenters. The van der Waals surface area contributed by atoms with Crippen molar-refractivity contribution in [3.63, 3.8) is 0 Å². The molecule has 0 aliphatic rings. The zero-order valence-corrected chi connectivity index (χ0v) is 12.3. The van der Waals surface area contributed by atoms with E-state index >= 15 is 0 Å². The number of carboxylic acids is 1. The molecule has 0 heterocycles. The van der Waals surface area contributed by atoms with Crippen molar-refractivity contribution < 1.29 is 29.0 Å². The Morgan fingerprint density at radius 2 is 1.95 bits per heavy atom. The third-order valence-electron chi connectivity index (χ3n) is 2.98. The predicted molar refractivity (Wildman–Crippen MR) is 79.3 cm³/mol. The van der Waals surface area contributed by atoms with Gasteiger partial charge in [-0.1, -0.05) is 12.6 Å². The van der Waals surface area contributed by atoms with Crippen LogP contribution in [0.3, 0.4) is 0 Å². The number of carbonyl (C=O) groups excluding carboxylic acids is 2. The van der Waals surface area contributed by atoms with Crippen LogP contribution in [0, 0.1) is 0 Å². The van der Waals surface area contributed by atoms with Gasteiger partial charge in [-0.25, -0.2) is 4.79 Å². The molecule has 1 aromatic carbocycles. The average Bonchev–Trinajstić information content (AvgIpc) is 2.51. The molecule has 6 nitrogen and oxygen atoms in total. The Hall–Kier alpha value is -2.63. The van der Waals surface area contributed by atoms with Crippen LogP contribution in [0.25, 0.3) is 0 Å². The van der Waals surface area contributed by atoms with Gasteiger partial charge in [0.25, 0.3) is 0 Å². The number of aldehydes is 1. The molecule has 0 aromatic heterocycles. The first-order chi connectivity index (χ1) is 10.5. The molecule has 0 bridgehead atoms. The Morgan fingerprint density at radius 3 is 2.55 bits per heavy atom. The van der Waals surface area contributed by atoms with E-state index in [1.54, 1.807) is 12.1 Å². The molecule has 0 aliphatic carbocycles. The number of ether oxygens (including phenoxy) is 2. The molecule has 1 N–H and O–H groups in total. The number of aliphatic carboxylic acids is 1. The van der Waals surface area contributed by atoms with Crippen LogP contribution >= 0.6 is 0 Å². The minimum Gasteiger partial charge on any atom is -0.493 e. The second-order valence-corrected chi connectivity index (χ2v) is 4.59. The van der Waals surface area contributed by atoms with Crippen LogP contribution in [0.1, 0.15) is 36.0 Å². The number of hydrogen-bond donors (Lipinski definition) is 1. The van der Waals surface area contributed by atoms with Crippen LogP contribution in [0.4, 0.5) is 0 Å². The molecule has 0 radical (unpaired) electrons. The van der Waals surface area contributed by atoms with Crippen molar-refractivity contribution >= 4 is 18.2 Å². The fraction of sp³-hybridized carbons (Fsp3) is 0.312. The van der Waals surface area contributed by atoms with E-state index in [1.165, 1.54) is 13.2 Å². The number of carboxylic acid groups (broad SMARTS) is 1. The highest BCUT2D eigenvalue weighted by Gasteiger charge is 2.14. The lowest BCUT2D eigenvalue weighted by molar-refractivity contribution is -0.134. The van der Waals surface area contributed by atoms with Crippen LogP contribution in [-0.4, -0.2) is 30.4 Å². The van der Waals surface area contributed by atoms with Gasteiger partial charge in [0, 0.05) is 12.0 Å². The van der Waals surface area contributed by atoms with E-state index in [4.69, 9.17) is 14.6 Å². The molecule has 1 aromatic rings. The quantitative estimate of drug-likeness (QED) is 0.248. The van der Waals surface area contributed by atoms with Crippen LogP contribution in [0.15, 0.2) is 30.4 Å². The van der Waals surface area contributed by atoms with Crippen molar-refractivity contribution in [3.05, 3.63) is 35.9 Å². The maximum atomic E-state index is 11.8. The zero-order chi connectivity index (χ0) is 16.5. The Morgan fingerprint density at radius 1 is 1.27 bits per heavy atom. The lowest BCUT2D eigenvalue weighted by atomic mass is 10.1. The number of methoxy groups -OCH3 is 1. The molecule has 0 saturated carbocycles.